The van der Waals surface area contributed by atoms with Crippen LogP contribution in [0.2, 0.25) is 0 Å². The number of anilines is 2. The van der Waals surface area contributed by atoms with Gasteiger partial charge < -0.3 is 5.32 Å². The SMILES string of the molecule is O=C(Nc1ccccc1)Nc1c[n+](Cc2ccc(C(F)(F)F)cc2)no1. The monoisotopic (exact) mass is 363 g/mol. The number of nitrogens with one attached hydrogen (secondary N) is 2. The molecular weight excluding hydrogens is 349 g/mol. The molecule has 2 N–H and O–H groups in total. The summed E-state index contributed by atoms with van der Waals surface area (Å²) in [5.74, 6) is 0.102. The van der Waals surface area contributed by atoms with E-state index in [4.69, 9.17) is 4.52 Å². The molecule has 0 saturated heterocycles. The lowest BCUT2D eigenvalue weighted by Gasteiger charge is -2.05. The smallest absolute Gasteiger partial charge is 0.308 e. The summed E-state index contributed by atoms with van der Waals surface area (Å²) in [6.45, 7) is 0.198. The lowest BCUT2D eigenvalue weighted by atomic mass is 10.1. The van der Waals surface area contributed by atoms with E-state index in [2.05, 4.69) is 15.9 Å². The molecule has 6 nitrogen and oxygen atoms in total. The van der Waals surface area contributed by atoms with Gasteiger partial charge in [0.15, 0.2) is 0 Å². The van der Waals surface area contributed by atoms with Crippen molar-refractivity contribution in [2.75, 3.05) is 10.6 Å². The Balaban J connectivity index is 1.58. The number of carbonyl (C=O) groups is 1. The molecule has 26 heavy (non-hydrogen) atoms. The summed E-state index contributed by atoms with van der Waals surface area (Å²) in [4.78, 5) is 11.9. The molecule has 0 unspecified atom stereocenters. The molecule has 1 aromatic heterocycles. The van der Waals surface area contributed by atoms with E-state index in [1.54, 1.807) is 24.3 Å². The maximum absolute atomic E-state index is 12.5. The van der Waals surface area contributed by atoms with Crippen LogP contribution in [0.1, 0.15) is 11.1 Å². The number of hydrogen-bond donors (Lipinski definition) is 2. The first-order valence-electron chi connectivity index (χ1n) is 7.56. The highest BCUT2D eigenvalue weighted by molar-refractivity contribution is 5.98. The minimum atomic E-state index is -4.37. The predicted octanol–water partition coefficient (Wildman–Crippen LogP) is 3.67. The Morgan fingerprint density at radius 1 is 1.04 bits per heavy atom. The van der Waals surface area contributed by atoms with Crippen LogP contribution in [0.4, 0.5) is 29.5 Å². The van der Waals surface area contributed by atoms with E-state index in [-0.39, 0.29) is 12.4 Å². The fraction of sp³-hybridized carbons (Fsp3) is 0.118. The molecule has 2 aromatic carbocycles. The lowest BCUT2D eigenvalue weighted by molar-refractivity contribution is -0.754. The first kappa shape index (κ1) is 17.5. The van der Waals surface area contributed by atoms with Gasteiger partial charge in [-0.2, -0.15) is 13.2 Å². The molecule has 0 fully saturated rings. The van der Waals surface area contributed by atoms with Gasteiger partial charge in [-0.1, -0.05) is 30.3 Å². The van der Waals surface area contributed by atoms with Gasteiger partial charge in [-0.3, -0.25) is 9.84 Å². The average Bonchev–Trinajstić information content (AvgIpc) is 3.02. The summed E-state index contributed by atoms with van der Waals surface area (Å²) in [6.07, 6.45) is -2.94. The molecule has 0 aliphatic heterocycles. The van der Waals surface area contributed by atoms with Crippen molar-refractivity contribution in [3.8, 4) is 0 Å². The molecule has 3 rings (SSSR count). The average molecular weight is 363 g/mol. The molecular formula is C17H14F3N4O2+. The summed E-state index contributed by atoms with van der Waals surface area (Å²) in [5, 5.41) is 8.81. The summed E-state index contributed by atoms with van der Waals surface area (Å²) < 4.78 is 44.0. The number of para-hydroxylation sites is 1. The number of rotatable bonds is 4. The van der Waals surface area contributed by atoms with Crippen molar-refractivity contribution in [2.24, 2.45) is 0 Å². The van der Waals surface area contributed by atoms with Crippen molar-refractivity contribution < 1.29 is 27.2 Å². The van der Waals surface area contributed by atoms with Gasteiger partial charge in [0, 0.05) is 11.3 Å². The molecule has 0 radical (unpaired) electrons. The minimum Gasteiger partial charge on any atom is -0.308 e. The molecule has 0 aliphatic rings. The molecule has 9 heteroatoms. The fourth-order valence-electron chi connectivity index (χ4n) is 2.19. The highest BCUT2D eigenvalue weighted by atomic mass is 19.4. The lowest BCUT2D eigenvalue weighted by Crippen LogP contribution is -2.35. The number of alkyl halides is 3. The van der Waals surface area contributed by atoms with Gasteiger partial charge in [0.05, 0.1) is 5.56 Å². The van der Waals surface area contributed by atoms with Crippen molar-refractivity contribution >= 4 is 17.6 Å². The zero-order valence-electron chi connectivity index (χ0n) is 13.3. The highest BCUT2D eigenvalue weighted by Crippen LogP contribution is 2.29. The van der Waals surface area contributed by atoms with Crippen LogP contribution in [-0.4, -0.2) is 11.3 Å². The second kappa shape index (κ2) is 7.26. The number of carbonyl (C=O) groups excluding carboxylic acids is 1. The number of hydrogen-bond acceptors (Lipinski definition) is 3. The normalized spacial score (nSPS) is 11.2. The molecule has 0 atom stereocenters. The van der Waals surface area contributed by atoms with Gasteiger partial charge in [0.1, 0.15) is 0 Å². The van der Waals surface area contributed by atoms with Crippen LogP contribution < -0.4 is 15.3 Å². The summed E-state index contributed by atoms with van der Waals surface area (Å²) in [5.41, 5.74) is 0.505. The first-order chi connectivity index (χ1) is 12.4. The van der Waals surface area contributed by atoms with Crippen LogP contribution >= 0.6 is 0 Å². The van der Waals surface area contributed by atoms with Gasteiger partial charge >= 0.3 is 18.1 Å². The minimum absolute atomic E-state index is 0.102. The van der Waals surface area contributed by atoms with Crippen LogP contribution in [0.15, 0.2) is 65.3 Å². The first-order valence-corrected chi connectivity index (χ1v) is 7.56. The number of aromatic nitrogens is 2. The molecule has 2 amide bonds. The van der Waals surface area contributed by atoms with Gasteiger partial charge in [0.2, 0.25) is 11.8 Å². The van der Waals surface area contributed by atoms with Crippen LogP contribution in [-0.2, 0) is 12.7 Å². The molecule has 0 spiro atoms. The second-order valence-electron chi connectivity index (χ2n) is 5.40. The number of halogens is 3. The van der Waals surface area contributed by atoms with Gasteiger partial charge in [-0.15, -0.1) is 0 Å². The van der Waals surface area contributed by atoms with Crippen LogP contribution in [0.25, 0.3) is 0 Å². The summed E-state index contributed by atoms with van der Waals surface area (Å²) in [6, 6.07) is 13.1. The van der Waals surface area contributed by atoms with E-state index in [1.807, 2.05) is 6.07 Å². The topological polar surface area (TPSA) is 71.0 Å². The Morgan fingerprint density at radius 2 is 1.73 bits per heavy atom. The maximum atomic E-state index is 12.5. The molecule has 0 bridgehead atoms. The quantitative estimate of drug-likeness (QED) is 0.695. The molecule has 3 aromatic rings. The zero-order chi connectivity index (χ0) is 18.6. The Hall–Kier alpha value is -3.36. The second-order valence-corrected chi connectivity index (χ2v) is 5.40. The highest BCUT2D eigenvalue weighted by Gasteiger charge is 2.30. The van der Waals surface area contributed by atoms with Gasteiger partial charge in [0.25, 0.3) is 6.20 Å². The van der Waals surface area contributed by atoms with Crippen molar-refractivity contribution in [3.63, 3.8) is 0 Å². The number of nitrogens with zero attached hydrogens (tertiary/aromatic N) is 2. The van der Waals surface area contributed by atoms with E-state index >= 15 is 0 Å². The molecule has 0 aliphatic carbocycles. The van der Waals surface area contributed by atoms with Crippen molar-refractivity contribution in [1.82, 2.24) is 5.27 Å². The third kappa shape index (κ3) is 4.59. The third-order valence-electron chi connectivity index (χ3n) is 3.40. The van der Waals surface area contributed by atoms with E-state index in [9.17, 15) is 18.0 Å². The summed E-state index contributed by atoms with van der Waals surface area (Å²) >= 11 is 0. The van der Waals surface area contributed by atoms with Gasteiger partial charge in [-0.05, 0) is 28.9 Å². The molecule has 1 heterocycles. The van der Waals surface area contributed by atoms with E-state index in [1.165, 1.54) is 23.0 Å². The van der Waals surface area contributed by atoms with Crippen molar-refractivity contribution in [2.45, 2.75) is 12.7 Å². The van der Waals surface area contributed by atoms with Gasteiger partial charge in [-0.25, -0.2) is 4.79 Å². The van der Waals surface area contributed by atoms with Crippen molar-refractivity contribution in [1.29, 1.82) is 0 Å². The standard InChI is InChI=1S/C17H13F3N4O2/c18-17(19,20)13-8-6-12(7-9-13)10-24-11-15(26-23-24)22-16(25)21-14-4-2-1-3-5-14/h1-9,11H,10H2,(H-,21,22,23,25)/p+1. The van der Waals surface area contributed by atoms with Crippen LogP contribution in [0.3, 0.4) is 0 Å². The Bertz CT molecular complexity index is 877. The fourth-order valence-corrected chi connectivity index (χ4v) is 2.19. The van der Waals surface area contributed by atoms with Crippen molar-refractivity contribution in [3.05, 3.63) is 71.9 Å². The van der Waals surface area contributed by atoms with Crippen LogP contribution in [0.5, 0.6) is 0 Å². The molecule has 0 saturated carbocycles. The Labute approximate surface area is 146 Å². The predicted molar refractivity (Wildman–Crippen MR) is 86.3 cm³/mol. The number of urea groups is 1. The number of amides is 2. The largest absolute Gasteiger partial charge is 0.416 e. The number of benzene rings is 2. The molecule has 134 valence electrons. The van der Waals surface area contributed by atoms with E-state index < -0.39 is 17.8 Å². The van der Waals surface area contributed by atoms with E-state index in [0.29, 0.717) is 11.3 Å². The third-order valence-corrected chi connectivity index (χ3v) is 3.40. The Kier molecular flexibility index (Phi) is 4.87. The zero-order valence-corrected chi connectivity index (χ0v) is 13.3. The van der Waals surface area contributed by atoms with Crippen LogP contribution in [0, 0.1) is 0 Å². The van der Waals surface area contributed by atoms with E-state index in [0.717, 1.165) is 12.1 Å². The maximum Gasteiger partial charge on any atom is 0.416 e. The Morgan fingerprint density at radius 3 is 2.38 bits per heavy atom. The summed E-state index contributed by atoms with van der Waals surface area (Å²) in [7, 11) is 0.